The molecule has 0 fully saturated rings. The van der Waals surface area contributed by atoms with E-state index in [0.29, 0.717) is 23.4 Å². The normalized spacial score (nSPS) is 15.4. The molecule has 0 radical (unpaired) electrons. The molecule has 4 rings (SSSR count). The van der Waals surface area contributed by atoms with E-state index in [4.69, 9.17) is 9.15 Å². The highest BCUT2D eigenvalue weighted by molar-refractivity contribution is 7.89. The number of furan rings is 1. The molecule has 3 aromatic rings. The first-order chi connectivity index (χ1) is 17.7. The number of sulfonamides is 1. The Bertz CT molecular complexity index is 1370. The fourth-order valence-electron chi connectivity index (χ4n) is 4.19. The smallest absolute Gasteiger partial charge is 0.308 e. The molecule has 2 amide bonds. The number of esters is 1. The van der Waals surface area contributed by atoms with E-state index in [-0.39, 0.29) is 30.3 Å². The van der Waals surface area contributed by atoms with Gasteiger partial charge in [0.15, 0.2) is 6.61 Å². The largest absolute Gasteiger partial charge is 0.467 e. The number of fused-ring (bicyclic) bond motifs is 1. The quantitative estimate of drug-likeness (QED) is 0.410. The first-order valence-electron chi connectivity index (χ1n) is 11.7. The summed E-state index contributed by atoms with van der Waals surface area (Å²) in [6.07, 6.45) is 1.71. The summed E-state index contributed by atoms with van der Waals surface area (Å²) in [6.45, 7) is 1.20. The maximum absolute atomic E-state index is 13.6. The summed E-state index contributed by atoms with van der Waals surface area (Å²) in [5, 5.41) is 5.19. The molecule has 2 N–H and O–H groups in total. The van der Waals surface area contributed by atoms with Crippen molar-refractivity contribution in [2.24, 2.45) is 0 Å². The summed E-state index contributed by atoms with van der Waals surface area (Å²) in [5.74, 6) is -0.908. The number of amides is 2. The Labute approximate surface area is 214 Å². The molecule has 0 aliphatic carbocycles. The van der Waals surface area contributed by atoms with Gasteiger partial charge in [0.25, 0.3) is 5.91 Å². The van der Waals surface area contributed by atoms with E-state index < -0.39 is 34.5 Å². The van der Waals surface area contributed by atoms with E-state index >= 15 is 0 Å². The van der Waals surface area contributed by atoms with Crippen LogP contribution in [0.3, 0.4) is 0 Å². The molecule has 0 spiro atoms. The van der Waals surface area contributed by atoms with Gasteiger partial charge in [-0.25, -0.2) is 8.42 Å². The number of carbonyl (C=O) groups excluding carboxylic acids is 3. The topological polar surface area (TPSA) is 135 Å². The molecule has 2 aromatic carbocycles. The minimum absolute atomic E-state index is 0.0386. The molecule has 1 aliphatic heterocycles. The molecule has 2 heterocycles. The van der Waals surface area contributed by atoms with Crippen LogP contribution in [0.4, 0.5) is 5.69 Å². The molecule has 0 unspecified atom stereocenters. The van der Waals surface area contributed by atoms with Gasteiger partial charge in [0, 0.05) is 19.2 Å². The van der Waals surface area contributed by atoms with Gasteiger partial charge in [-0.05, 0) is 53.9 Å². The lowest BCUT2D eigenvalue weighted by molar-refractivity contribution is -0.149. The van der Waals surface area contributed by atoms with Crippen molar-refractivity contribution in [3.05, 3.63) is 83.8 Å². The van der Waals surface area contributed by atoms with Gasteiger partial charge < -0.3 is 19.8 Å². The second-order valence-electron chi connectivity index (χ2n) is 8.51. The number of anilines is 1. The molecule has 11 heteroatoms. The SMILES string of the molecule is CC(=O)Nc1ccc(S(=O)(=O)N2CCc3ccccc3[C@@H]2CC(=O)OCC(=O)NCc2ccco2)cc1. The highest BCUT2D eigenvalue weighted by Crippen LogP contribution is 2.36. The third kappa shape index (κ3) is 6.43. The van der Waals surface area contributed by atoms with E-state index in [0.717, 1.165) is 5.56 Å². The lowest BCUT2D eigenvalue weighted by Crippen LogP contribution is -2.41. The fourth-order valence-corrected chi connectivity index (χ4v) is 5.80. The Morgan fingerprint density at radius 2 is 1.81 bits per heavy atom. The predicted molar refractivity (Wildman–Crippen MR) is 134 cm³/mol. The molecule has 194 valence electrons. The van der Waals surface area contributed by atoms with Gasteiger partial charge in [-0.3, -0.25) is 14.4 Å². The van der Waals surface area contributed by atoms with Gasteiger partial charge in [0.05, 0.1) is 30.2 Å². The maximum atomic E-state index is 13.6. The van der Waals surface area contributed by atoms with Crippen molar-refractivity contribution < 1.29 is 32.0 Å². The highest BCUT2D eigenvalue weighted by atomic mass is 32.2. The van der Waals surface area contributed by atoms with Crippen molar-refractivity contribution in [1.29, 1.82) is 0 Å². The minimum atomic E-state index is -3.99. The average Bonchev–Trinajstić information content (AvgIpc) is 3.40. The van der Waals surface area contributed by atoms with Crippen LogP contribution in [0.25, 0.3) is 0 Å². The van der Waals surface area contributed by atoms with Crippen LogP contribution in [0.2, 0.25) is 0 Å². The van der Waals surface area contributed by atoms with Gasteiger partial charge in [-0.2, -0.15) is 4.31 Å². The van der Waals surface area contributed by atoms with E-state index in [9.17, 15) is 22.8 Å². The van der Waals surface area contributed by atoms with Gasteiger partial charge >= 0.3 is 5.97 Å². The number of rotatable bonds is 9. The maximum Gasteiger partial charge on any atom is 0.308 e. The second kappa shape index (κ2) is 11.4. The minimum Gasteiger partial charge on any atom is -0.467 e. The Morgan fingerprint density at radius 3 is 2.51 bits per heavy atom. The molecule has 0 saturated heterocycles. The van der Waals surface area contributed by atoms with Crippen molar-refractivity contribution in [2.75, 3.05) is 18.5 Å². The first kappa shape index (κ1) is 26.1. The molecule has 10 nitrogen and oxygen atoms in total. The first-order valence-corrected chi connectivity index (χ1v) is 13.1. The van der Waals surface area contributed by atoms with Crippen molar-refractivity contribution in [3.8, 4) is 0 Å². The molecule has 0 saturated carbocycles. The van der Waals surface area contributed by atoms with Crippen LogP contribution < -0.4 is 10.6 Å². The van der Waals surface area contributed by atoms with Crippen LogP contribution in [0.5, 0.6) is 0 Å². The van der Waals surface area contributed by atoms with E-state index in [1.165, 1.54) is 41.8 Å². The molecule has 37 heavy (non-hydrogen) atoms. The zero-order chi connectivity index (χ0) is 26.4. The zero-order valence-electron chi connectivity index (χ0n) is 20.2. The summed E-state index contributed by atoms with van der Waals surface area (Å²) in [6, 6.07) is 15.8. The van der Waals surface area contributed by atoms with Crippen LogP contribution >= 0.6 is 0 Å². The molecule has 1 atom stereocenters. The van der Waals surface area contributed by atoms with Crippen LogP contribution in [0.1, 0.15) is 36.3 Å². The Hall–Kier alpha value is -3.96. The standard InChI is InChI=1S/C26H27N3O7S/c1-18(30)28-20-8-10-22(11-9-20)37(33,34)29-13-12-19-5-2-3-7-23(19)24(29)15-26(32)36-17-25(31)27-16-21-6-4-14-35-21/h2-11,14,24H,12-13,15-17H2,1H3,(H,27,31)(H,28,30)/t24-/m0/s1. The lowest BCUT2D eigenvalue weighted by Gasteiger charge is -2.36. The average molecular weight is 526 g/mol. The lowest BCUT2D eigenvalue weighted by atomic mass is 9.92. The zero-order valence-corrected chi connectivity index (χ0v) is 21.0. The van der Waals surface area contributed by atoms with Crippen molar-refractivity contribution >= 4 is 33.5 Å². The summed E-state index contributed by atoms with van der Waals surface area (Å²) >= 11 is 0. The molecule has 0 bridgehead atoms. The molecule has 1 aliphatic rings. The number of nitrogens with one attached hydrogen (secondary N) is 2. The van der Waals surface area contributed by atoms with Crippen molar-refractivity contribution in [2.45, 2.75) is 37.2 Å². The molecular formula is C26H27N3O7S. The van der Waals surface area contributed by atoms with Crippen molar-refractivity contribution in [1.82, 2.24) is 9.62 Å². The summed E-state index contributed by atoms with van der Waals surface area (Å²) in [7, 11) is -3.99. The Balaban J connectivity index is 1.48. The number of ether oxygens (including phenoxy) is 1. The number of carbonyl (C=O) groups is 3. The molecular weight excluding hydrogens is 498 g/mol. The van der Waals surface area contributed by atoms with E-state index in [1.54, 1.807) is 24.3 Å². The van der Waals surface area contributed by atoms with Crippen LogP contribution in [-0.4, -0.2) is 43.7 Å². The monoisotopic (exact) mass is 525 g/mol. The third-order valence-electron chi connectivity index (χ3n) is 5.91. The Kier molecular flexibility index (Phi) is 8.04. The summed E-state index contributed by atoms with van der Waals surface area (Å²) in [4.78, 5) is 36.1. The summed E-state index contributed by atoms with van der Waals surface area (Å²) < 4.78 is 38.8. The Morgan fingerprint density at radius 1 is 1.05 bits per heavy atom. The predicted octanol–water partition coefficient (Wildman–Crippen LogP) is 2.78. The van der Waals surface area contributed by atoms with Crippen LogP contribution in [-0.2, 0) is 42.1 Å². The summed E-state index contributed by atoms with van der Waals surface area (Å²) in [5.41, 5.74) is 2.14. The highest BCUT2D eigenvalue weighted by Gasteiger charge is 2.38. The molecule has 1 aromatic heterocycles. The van der Waals surface area contributed by atoms with Gasteiger partial charge in [0.2, 0.25) is 15.9 Å². The number of hydrogen-bond acceptors (Lipinski definition) is 7. The number of benzene rings is 2. The number of hydrogen-bond donors (Lipinski definition) is 2. The van der Waals surface area contributed by atoms with Gasteiger partial charge in [0.1, 0.15) is 5.76 Å². The van der Waals surface area contributed by atoms with Gasteiger partial charge in [-0.15, -0.1) is 0 Å². The van der Waals surface area contributed by atoms with Crippen molar-refractivity contribution in [3.63, 3.8) is 0 Å². The van der Waals surface area contributed by atoms with E-state index in [1.807, 2.05) is 12.1 Å². The van der Waals surface area contributed by atoms with Crippen LogP contribution in [0.15, 0.2) is 76.2 Å². The van der Waals surface area contributed by atoms with E-state index in [2.05, 4.69) is 10.6 Å². The number of nitrogens with zero attached hydrogens (tertiary/aromatic N) is 1. The van der Waals surface area contributed by atoms with Crippen LogP contribution in [0, 0.1) is 0 Å². The third-order valence-corrected chi connectivity index (χ3v) is 7.83. The van der Waals surface area contributed by atoms with Gasteiger partial charge in [-0.1, -0.05) is 24.3 Å². The fraction of sp³-hybridized carbons (Fsp3) is 0.269. The second-order valence-corrected chi connectivity index (χ2v) is 10.4.